The van der Waals surface area contributed by atoms with Crippen molar-refractivity contribution in [2.24, 2.45) is 11.8 Å². The third-order valence-corrected chi connectivity index (χ3v) is 1.46. The summed E-state index contributed by atoms with van der Waals surface area (Å²) in [5, 5.41) is 0. The Kier molecular flexibility index (Phi) is 3.52. The molecule has 0 radical (unpaired) electrons. The van der Waals surface area contributed by atoms with Gasteiger partial charge in [0.2, 0.25) is 0 Å². The largest absolute Gasteiger partial charge is 0.493 e. The molecule has 0 aromatic carbocycles. The van der Waals surface area contributed by atoms with E-state index in [1.165, 1.54) is 0 Å². The number of pyridine rings is 1. The molecule has 72 valence electrons. The predicted octanol–water partition coefficient (Wildman–Crippen LogP) is 1.40. The lowest BCUT2D eigenvalue weighted by molar-refractivity contribution is 0.271. The van der Waals surface area contributed by atoms with Gasteiger partial charge in [-0.3, -0.25) is 0 Å². The molecule has 0 aliphatic heterocycles. The number of nitrogens with one attached hydrogen (secondary N) is 1. The molecular formula is C9H15N3O. The van der Waals surface area contributed by atoms with E-state index in [1.54, 1.807) is 12.3 Å². The van der Waals surface area contributed by atoms with Gasteiger partial charge in [0.1, 0.15) is 11.6 Å². The van der Waals surface area contributed by atoms with Gasteiger partial charge < -0.3 is 10.2 Å². The molecule has 0 aliphatic rings. The molecule has 0 aliphatic carbocycles. The van der Waals surface area contributed by atoms with Crippen molar-refractivity contribution in [3.63, 3.8) is 0 Å². The Morgan fingerprint density at radius 1 is 1.62 bits per heavy atom. The summed E-state index contributed by atoms with van der Waals surface area (Å²) in [6, 6.07) is 3.58. The van der Waals surface area contributed by atoms with Crippen molar-refractivity contribution < 1.29 is 4.74 Å². The highest BCUT2D eigenvalue weighted by Crippen LogP contribution is 2.14. The van der Waals surface area contributed by atoms with Crippen LogP contribution in [0.15, 0.2) is 18.3 Å². The van der Waals surface area contributed by atoms with Gasteiger partial charge in [-0.2, -0.15) is 0 Å². The molecule has 1 heterocycles. The molecule has 0 bridgehead atoms. The van der Waals surface area contributed by atoms with Crippen molar-refractivity contribution in [2.75, 3.05) is 12.0 Å². The lowest BCUT2D eigenvalue weighted by Crippen LogP contribution is -2.09. The standard InChI is InChI=1S/C9H15N3O/c1-7(2)6-13-8-3-4-11-9(5-8)12-10/h3-5,7H,6,10H2,1-2H3,(H,11,12). The summed E-state index contributed by atoms with van der Waals surface area (Å²) >= 11 is 0. The van der Waals surface area contributed by atoms with E-state index in [-0.39, 0.29) is 0 Å². The number of nitrogen functional groups attached to an aromatic ring is 1. The van der Waals surface area contributed by atoms with E-state index in [0.717, 1.165) is 5.75 Å². The van der Waals surface area contributed by atoms with Crippen LogP contribution in [0, 0.1) is 5.92 Å². The topological polar surface area (TPSA) is 60.2 Å². The van der Waals surface area contributed by atoms with E-state index in [4.69, 9.17) is 10.6 Å². The maximum Gasteiger partial charge on any atom is 0.143 e. The lowest BCUT2D eigenvalue weighted by Gasteiger charge is -2.08. The first-order valence-corrected chi connectivity index (χ1v) is 4.28. The second-order valence-corrected chi connectivity index (χ2v) is 3.23. The average Bonchev–Trinajstić information content (AvgIpc) is 2.15. The SMILES string of the molecule is CC(C)COc1ccnc(NN)c1. The fourth-order valence-electron chi connectivity index (χ4n) is 0.843. The first kappa shape index (κ1) is 9.80. The highest BCUT2D eigenvalue weighted by atomic mass is 16.5. The van der Waals surface area contributed by atoms with Crippen LogP contribution in [0.2, 0.25) is 0 Å². The third kappa shape index (κ3) is 3.29. The van der Waals surface area contributed by atoms with Crippen LogP contribution in [0.1, 0.15) is 13.8 Å². The molecule has 1 aromatic rings. The van der Waals surface area contributed by atoms with Gasteiger partial charge >= 0.3 is 0 Å². The molecule has 3 N–H and O–H groups in total. The normalized spacial score (nSPS) is 10.2. The van der Waals surface area contributed by atoms with Gasteiger partial charge in [0.25, 0.3) is 0 Å². The first-order valence-electron chi connectivity index (χ1n) is 4.28. The van der Waals surface area contributed by atoms with Crippen molar-refractivity contribution >= 4 is 5.82 Å². The molecule has 1 rings (SSSR count). The minimum absolute atomic E-state index is 0.516. The molecule has 0 unspecified atom stereocenters. The Labute approximate surface area is 78.1 Å². The molecule has 4 heteroatoms. The van der Waals surface area contributed by atoms with Gasteiger partial charge in [0.05, 0.1) is 6.61 Å². The summed E-state index contributed by atoms with van der Waals surface area (Å²) in [5.41, 5.74) is 2.46. The summed E-state index contributed by atoms with van der Waals surface area (Å²) in [6.45, 7) is 4.90. The minimum Gasteiger partial charge on any atom is -0.493 e. The van der Waals surface area contributed by atoms with Crippen LogP contribution in [-0.2, 0) is 0 Å². The fourth-order valence-corrected chi connectivity index (χ4v) is 0.843. The zero-order valence-electron chi connectivity index (χ0n) is 7.95. The third-order valence-electron chi connectivity index (χ3n) is 1.46. The molecule has 0 saturated heterocycles. The fraction of sp³-hybridized carbons (Fsp3) is 0.444. The summed E-state index contributed by atoms with van der Waals surface area (Å²) in [6.07, 6.45) is 1.66. The molecule has 0 amide bonds. The van der Waals surface area contributed by atoms with Gasteiger partial charge in [-0.15, -0.1) is 0 Å². The molecule has 0 atom stereocenters. The molecule has 0 fully saturated rings. The second kappa shape index (κ2) is 4.67. The Morgan fingerprint density at radius 3 is 3.00 bits per heavy atom. The Morgan fingerprint density at radius 2 is 2.38 bits per heavy atom. The number of nitrogens with zero attached hydrogens (tertiary/aromatic N) is 1. The highest BCUT2D eigenvalue weighted by Gasteiger charge is 1.98. The van der Waals surface area contributed by atoms with Crippen LogP contribution in [0.25, 0.3) is 0 Å². The molecule has 4 nitrogen and oxygen atoms in total. The van der Waals surface area contributed by atoms with Gasteiger partial charge in [0, 0.05) is 12.3 Å². The Hall–Kier alpha value is -1.29. The minimum atomic E-state index is 0.516. The number of hydrogen-bond donors (Lipinski definition) is 2. The van der Waals surface area contributed by atoms with Gasteiger partial charge in [0.15, 0.2) is 0 Å². The number of rotatable bonds is 4. The van der Waals surface area contributed by atoms with E-state index in [9.17, 15) is 0 Å². The second-order valence-electron chi connectivity index (χ2n) is 3.23. The van der Waals surface area contributed by atoms with E-state index in [0.29, 0.717) is 18.3 Å². The van der Waals surface area contributed by atoms with E-state index in [1.807, 2.05) is 6.07 Å². The van der Waals surface area contributed by atoms with Crippen molar-refractivity contribution in [1.82, 2.24) is 4.98 Å². The summed E-state index contributed by atoms with van der Waals surface area (Å²) in [4.78, 5) is 3.97. The number of hydrazine groups is 1. The van der Waals surface area contributed by atoms with Crippen LogP contribution in [0.3, 0.4) is 0 Å². The smallest absolute Gasteiger partial charge is 0.143 e. The maximum atomic E-state index is 5.47. The summed E-state index contributed by atoms with van der Waals surface area (Å²) in [5.74, 6) is 7.12. The van der Waals surface area contributed by atoms with Crippen LogP contribution in [0.5, 0.6) is 5.75 Å². The highest BCUT2D eigenvalue weighted by molar-refractivity contribution is 5.39. The number of anilines is 1. The van der Waals surface area contributed by atoms with E-state index < -0.39 is 0 Å². The maximum absolute atomic E-state index is 5.47. The monoisotopic (exact) mass is 181 g/mol. The average molecular weight is 181 g/mol. The lowest BCUT2D eigenvalue weighted by atomic mass is 10.2. The first-order chi connectivity index (χ1) is 6.22. The van der Waals surface area contributed by atoms with Crippen LogP contribution >= 0.6 is 0 Å². The van der Waals surface area contributed by atoms with Crippen molar-refractivity contribution in [1.29, 1.82) is 0 Å². The number of aromatic nitrogens is 1. The Bertz CT molecular complexity index is 263. The Balaban J connectivity index is 2.56. The molecule has 1 aromatic heterocycles. The van der Waals surface area contributed by atoms with Crippen LogP contribution in [0.4, 0.5) is 5.82 Å². The number of nitrogens with two attached hydrogens (primary N) is 1. The molecular weight excluding hydrogens is 166 g/mol. The van der Waals surface area contributed by atoms with Crippen LogP contribution in [-0.4, -0.2) is 11.6 Å². The van der Waals surface area contributed by atoms with Gasteiger partial charge in [-0.1, -0.05) is 13.8 Å². The predicted molar refractivity (Wildman–Crippen MR) is 52.4 cm³/mol. The zero-order valence-corrected chi connectivity index (χ0v) is 7.95. The molecule has 0 spiro atoms. The zero-order chi connectivity index (χ0) is 9.68. The molecule has 0 saturated carbocycles. The molecule has 13 heavy (non-hydrogen) atoms. The van der Waals surface area contributed by atoms with E-state index >= 15 is 0 Å². The summed E-state index contributed by atoms with van der Waals surface area (Å²) in [7, 11) is 0. The van der Waals surface area contributed by atoms with Crippen molar-refractivity contribution in [2.45, 2.75) is 13.8 Å². The quantitative estimate of drug-likeness (QED) is 0.544. The number of ether oxygens (including phenoxy) is 1. The van der Waals surface area contributed by atoms with Crippen molar-refractivity contribution in [3.8, 4) is 5.75 Å². The van der Waals surface area contributed by atoms with Crippen LogP contribution < -0.4 is 16.0 Å². The van der Waals surface area contributed by atoms with Gasteiger partial charge in [-0.25, -0.2) is 10.8 Å². The van der Waals surface area contributed by atoms with E-state index in [2.05, 4.69) is 24.3 Å². The number of hydrogen-bond acceptors (Lipinski definition) is 4. The van der Waals surface area contributed by atoms with Crippen molar-refractivity contribution in [3.05, 3.63) is 18.3 Å². The van der Waals surface area contributed by atoms with Gasteiger partial charge in [-0.05, 0) is 12.0 Å². The summed E-state index contributed by atoms with van der Waals surface area (Å²) < 4.78 is 5.47.